The smallest absolute Gasteiger partial charge is 0.203 e. The molecule has 0 fully saturated rings. The topological polar surface area (TPSA) is 64.7 Å². The molecule has 0 saturated heterocycles. The van der Waals surface area contributed by atoms with E-state index >= 15 is 0 Å². The molecule has 2 heterocycles. The minimum Gasteiger partial charge on any atom is -0.374 e. The summed E-state index contributed by atoms with van der Waals surface area (Å²) in [5, 5.41) is 9.00. The van der Waals surface area contributed by atoms with E-state index in [1.54, 1.807) is 6.20 Å². The fourth-order valence-corrected chi connectivity index (χ4v) is 1.99. The van der Waals surface area contributed by atoms with E-state index in [0.717, 1.165) is 14.3 Å². The van der Waals surface area contributed by atoms with Gasteiger partial charge in [-0.1, -0.05) is 11.3 Å². The largest absolute Gasteiger partial charge is 0.374 e. The summed E-state index contributed by atoms with van der Waals surface area (Å²) in [4.78, 5) is 4.08. The lowest BCUT2D eigenvalue weighted by atomic mass is 10.3. The third kappa shape index (κ3) is 1.94. The Morgan fingerprint density at radius 1 is 1.38 bits per heavy atom. The van der Waals surface area contributed by atoms with Crippen molar-refractivity contribution in [2.24, 2.45) is 0 Å². The van der Waals surface area contributed by atoms with Crippen molar-refractivity contribution in [3.63, 3.8) is 0 Å². The second-order valence-electron chi connectivity index (χ2n) is 2.31. The Morgan fingerprint density at radius 2 is 2.23 bits per heavy atom. The summed E-state index contributed by atoms with van der Waals surface area (Å²) in [7, 11) is 0. The van der Waals surface area contributed by atoms with E-state index in [9.17, 15) is 0 Å². The minimum atomic E-state index is 0.488. The summed E-state index contributed by atoms with van der Waals surface area (Å²) in [6, 6.07) is 3.84. The van der Waals surface area contributed by atoms with Gasteiger partial charge in [0.25, 0.3) is 0 Å². The molecule has 0 saturated carbocycles. The summed E-state index contributed by atoms with van der Waals surface area (Å²) in [6.07, 6.45) is 1.74. The Morgan fingerprint density at radius 3 is 2.85 bits per heavy atom. The van der Waals surface area contributed by atoms with Crippen molar-refractivity contribution in [3.8, 4) is 10.6 Å². The Balaban J connectivity index is 2.46. The van der Waals surface area contributed by atoms with Crippen LogP contribution in [0, 0.1) is 3.70 Å². The molecule has 0 aliphatic rings. The van der Waals surface area contributed by atoms with Crippen molar-refractivity contribution in [1.82, 2.24) is 15.2 Å². The van der Waals surface area contributed by atoms with Gasteiger partial charge in [-0.3, -0.25) is 4.98 Å². The number of hydrogen-bond donors (Lipinski definition) is 1. The maximum atomic E-state index is 5.48. The van der Waals surface area contributed by atoms with Gasteiger partial charge in [-0.25, -0.2) is 0 Å². The molecule has 2 N–H and O–H groups in total. The fourth-order valence-electron chi connectivity index (χ4n) is 0.887. The van der Waals surface area contributed by atoms with Crippen LogP contribution in [0.3, 0.4) is 0 Å². The zero-order valence-electron chi connectivity index (χ0n) is 6.44. The van der Waals surface area contributed by atoms with Gasteiger partial charge in [0.1, 0.15) is 8.71 Å². The van der Waals surface area contributed by atoms with Crippen molar-refractivity contribution < 1.29 is 0 Å². The van der Waals surface area contributed by atoms with Crippen LogP contribution in [0.5, 0.6) is 0 Å². The van der Waals surface area contributed by atoms with Gasteiger partial charge in [-0.15, -0.1) is 10.2 Å². The normalized spacial score (nSPS) is 10.2. The standard InChI is InChI=1S/C7H5IN4S/c8-5-3-4(1-2-10-5)6-11-12-7(9)13-6/h1-3H,(H2,9,12). The number of nitrogen functional groups attached to an aromatic ring is 1. The van der Waals surface area contributed by atoms with E-state index in [4.69, 9.17) is 5.73 Å². The van der Waals surface area contributed by atoms with Crippen LogP contribution in [-0.2, 0) is 0 Å². The molecule has 0 aliphatic carbocycles. The van der Waals surface area contributed by atoms with Gasteiger partial charge in [-0.2, -0.15) is 0 Å². The molecule has 0 aromatic carbocycles. The lowest BCUT2D eigenvalue weighted by molar-refractivity contribution is 1.10. The number of pyridine rings is 1. The highest BCUT2D eigenvalue weighted by Gasteiger charge is 2.04. The lowest BCUT2D eigenvalue weighted by Crippen LogP contribution is -1.82. The highest BCUT2D eigenvalue weighted by Crippen LogP contribution is 2.24. The molecule has 0 spiro atoms. The molecule has 0 atom stereocenters. The molecule has 2 aromatic heterocycles. The number of halogens is 1. The molecule has 2 aromatic rings. The van der Waals surface area contributed by atoms with E-state index in [1.807, 2.05) is 12.1 Å². The first-order valence-electron chi connectivity index (χ1n) is 3.46. The molecule has 0 bridgehead atoms. The maximum absolute atomic E-state index is 5.48. The predicted octanol–water partition coefficient (Wildman–Crippen LogP) is 1.79. The third-order valence-corrected chi connectivity index (χ3v) is 2.81. The van der Waals surface area contributed by atoms with Gasteiger partial charge >= 0.3 is 0 Å². The average Bonchev–Trinajstić information content (AvgIpc) is 2.52. The minimum absolute atomic E-state index is 0.488. The summed E-state index contributed by atoms with van der Waals surface area (Å²) < 4.78 is 0.934. The molecule has 66 valence electrons. The van der Waals surface area contributed by atoms with Crippen molar-refractivity contribution in [1.29, 1.82) is 0 Å². The van der Waals surface area contributed by atoms with Crippen LogP contribution in [-0.4, -0.2) is 15.2 Å². The van der Waals surface area contributed by atoms with E-state index in [0.29, 0.717) is 5.13 Å². The van der Waals surface area contributed by atoms with Gasteiger partial charge in [0.15, 0.2) is 0 Å². The molecule has 0 aliphatic heterocycles. The zero-order chi connectivity index (χ0) is 9.26. The number of rotatable bonds is 1. The highest BCUT2D eigenvalue weighted by molar-refractivity contribution is 14.1. The predicted molar refractivity (Wildman–Crippen MR) is 60.3 cm³/mol. The van der Waals surface area contributed by atoms with Crippen LogP contribution in [0.25, 0.3) is 10.6 Å². The molecule has 0 amide bonds. The monoisotopic (exact) mass is 304 g/mol. The Labute approximate surface area is 92.4 Å². The molecular formula is C7H5IN4S. The first-order chi connectivity index (χ1) is 6.25. The van der Waals surface area contributed by atoms with Crippen molar-refractivity contribution in [3.05, 3.63) is 22.0 Å². The third-order valence-electron chi connectivity index (χ3n) is 1.41. The van der Waals surface area contributed by atoms with Gasteiger partial charge in [0, 0.05) is 11.8 Å². The van der Waals surface area contributed by atoms with E-state index < -0.39 is 0 Å². The SMILES string of the molecule is Nc1nnc(-c2ccnc(I)c2)s1. The zero-order valence-corrected chi connectivity index (χ0v) is 9.41. The van der Waals surface area contributed by atoms with Gasteiger partial charge in [0.2, 0.25) is 5.13 Å². The van der Waals surface area contributed by atoms with Crippen molar-refractivity contribution >= 4 is 39.1 Å². The molecule has 6 heteroatoms. The number of aromatic nitrogens is 3. The van der Waals surface area contributed by atoms with Crippen LogP contribution in [0.15, 0.2) is 18.3 Å². The number of hydrogen-bond acceptors (Lipinski definition) is 5. The number of anilines is 1. The van der Waals surface area contributed by atoms with E-state index in [2.05, 4.69) is 37.8 Å². The second-order valence-corrected chi connectivity index (χ2v) is 4.43. The number of nitrogens with zero attached hydrogens (tertiary/aromatic N) is 3. The van der Waals surface area contributed by atoms with Crippen LogP contribution < -0.4 is 5.73 Å². The lowest BCUT2D eigenvalue weighted by Gasteiger charge is -1.93. The molecule has 2 rings (SSSR count). The van der Waals surface area contributed by atoms with E-state index in [1.165, 1.54) is 11.3 Å². The quantitative estimate of drug-likeness (QED) is 0.644. The number of nitrogens with two attached hydrogens (primary N) is 1. The average molecular weight is 304 g/mol. The van der Waals surface area contributed by atoms with E-state index in [-0.39, 0.29) is 0 Å². The summed E-state index contributed by atoms with van der Waals surface area (Å²) >= 11 is 3.53. The maximum Gasteiger partial charge on any atom is 0.203 e. The van der Waals surface area contributed by atoms with Gasteiger partial charge in [-0.05, 0) is 34.7 Å². The Hall–Kier alpha value is -0.760. The Bertz CT molecular complexity index is 428. The summed E-state index contributed by atoms with van der Waals surface area (Å²) in [5.74, 6) is 0. The first-order valence-corrected chi connectivity index (χ1v) is 5.36. The van der Waals surface area contributed by atoms with Crippen molar-refractivity contribution in [2.45, 2.75) is 0 Å². The molecule has 0 unspecified atom stereocenters. The van der Waals surface area contributed by atoms with Crippen LogP contribution in [0.4, 0.5) is 5.13 Å². The summed E-state index contributed by atoms with van der Waals surface area (Å²) in [6.45, 7) is 0. The van der Waals surface area contributed by atoms with Crippen LogP contribution >= 0.6 is 33.9 Å². The first kappa shape index (κ1) is 8.82. The molecular weight excluding hydrogens is 299 g/mol. The van der Waals surface area contributed by atoms with Gasteiger partial charge < -0.3 is 5.73 Å². The second kappa shape index (κ2) is 3.54. The van der Waals surface area contributed by atoms with Crippen LogP contribution in [0.2, 0.25) is 0 Å². The fraction of sp³-hybridized carbons (Fsp3) is 0. The Kier molecular flexibility index (Phi) is 2.40. The highest BCUT2D eigenvalue weighted by atomic mass is 127. The molecule has 4 nitrogen and oxygen atoms in total. The van der Waals surface area contributed by atoms with Crippen molar-refractivity contribution in [2.75, 3.05) is 5.73 Å². The summed E-state index contributed by atoms with van der Waals surface area (Å²) in [5.41, 5.74) is 6.49. The van der Waals surface area contributed by atoms with Gasteiger partial charge in [0.05, 0.1) is 0 Å². The molecule has 13 heavy (non-hydrogen) atoms. The molecule has 0 radical (unpaired) electrons. The van der Waals surface area contributed by atoms with Crippen LogP contribution in [0.1, 0.15) is 0 Å².